The van der Waals surface area contributed by atoms with Crippen LogP contribution < -0.4 is 10.9 Å². The van der Waals surface area contributed by atoms with E-state index in [1.54, 1.807) is 25.1 Å². The van der Waals surface area contributed by atoms with Crippen LogP contribution in [0.1, 0.15) is 32.0 Å². The lowest BCUT2D eigenvalue weighted by atomic mass is 10.0. The van der Waals surface area contributed by atoms with Crippen LogP contribution in [0.25, 0.3) is 10.9 Å². The summed E-state index contributed by atoms with van der Waals surface area (Å²) in [6.07, 6.45) is 2.32. The summed E-state index contributed by atoms with van der Waals surface area (Å²) in [6, 6.07) is 7.12. The van der Waals surface area contributed by atoms with E-state index in [9.17, 15) is 18.0 Å². The number of benzene rings is 1. The first kappa shape index (κ1) is 21.9. The Bertz CT molecular complexity index is 1130. The SMILES string of the molecule is C[C@@]1(NC(=O)CN(Cc2nc3ccccc3c(=O)[nH]2)C[C@H]2CCCO2)CCS(=O)(=O)C1. The summed E-state index contributed by atoms with van der Waals surface area (Å²) < 4.78 is 29.4. The highest BCUT2D eigenvalue weighted by atomic mass is 32.2. The molecule has 10 heteroatoms. The highest BCUT2D eigenvalue weighted by molar-refractivity contribution is 7.91. The molecule has 9 nitrogen and oxygen atoms in total. The van der Waals surface area contributed by atoms with Crippen molar-refractivity contribution in [1.82, 2.24) is 20.2 Å². The second kappa shape index (κ2) is 8.68. The Morgan fingerprint density at radius 2 is 2.19 bits per heavy atom. The predicted octanol–water partition coefficient (Wildman–Crippen LogP) is 0.598. The minimum Gasteiger partial charge on any atom is -0.377 e. The van der Waals surface area contributed by atoms with Crippen molar-refractivity contribution in [3.05, 3.63) is 40.4 Å². The molecule has 2 aromatic rings. The molecule has 0 spiro atoms. The predicted molar refractivity (Wildman–Crippen MR) is 116 cm³/mol. The maximum Gasteiger partial charge on any atom is 0.258 e. The Morgan fingerprint density at radius 1 is 1.39 bits per heavy atom. The van der Waals surface area contributed by atoms with E-state index in [0.717, 1.165) is 12.8 Å². The number of carbonyl (C=O) groups is 1. The van der Waals surface area contributed by atoms with Gasteiger partial charge in [0.2, 0.25) is 5.91 Å². The first-order chi connectivity index (χ1) is 14.7. The van der Waals surface area contributed by atoms with Gasteiger partial charge in [0.15, 0.2) is 9.84 Å². The molecule has 1 aromatic carbocycles. The Morgan fingerprint density at radius 3 is 2.90 bits per heavy atom. The third-order valence-corrected chi connectivity index (χ3v) is 7.74. The summed E-state index contributed by atoms with van der Waals surface area (Å²) >= 11 is 0. The van der Waals surface area contributed by atoms with Crippen molar-refractivity contribution in [1.29, 1.82) is 0 Å². The molecule has 2 N–H and O–H groups in total. The van der Waals surface area contributed by atoms with Crippen molar-refractivity contribution < 1.29 is 17.9 Å². The van der Waals surface area contributed by atoms with Gasteiger partial charge >= 0.3 is 0 Å². The molecule has 0 unspecified atom stereocenters. The molecule has 2 fully saturated rings. The van der Waals surface area contributed by atoms with Crippen LogP contribution in [-0.4, -0.2) is 72.0 Å². The lowest BCUT2D eigenvalue weighted by Crippen LogP contribution is -2.51. The molecule has 2 aliphatic rings. The molecular formula is C21H28N4O5S. The third-order valence-electron chi connectivity index (χ3n) is 5.83. The van der Waals surface area contributed by atoms with Crippen LogP contribution in [0, 0.1) is 0 Å². The average molecular weight is 449 g/mol. The van der Waals surface area contributed by atoms with E-state index in [1.807, 2.05) is 11.0 Å². The Balaban J connectivity index is 1.49. The number of ether oxygens (including phenoxy) is 1. The summed E-state index contributed by atoms with van der Waals surface area (Å²) in [6.45, 7) is 3.33. The fourth-order valence-corrected chi connectivity index (χ4v) is 6.46. The maximum atomic E-state index is 12.8. The van der Waals surface area contributed by atoms with E-state index in [1.165, 1.54) is 0 Å². The number of nitrogens with one attached hydrogen (secondary N) is 2. The van der Waals surface area contributed by atoms with Gasteiger partial charge in [0, 0.05) is 13.2 Å². The number of aromatic nitrogens is 2. The number of H-pyrrole nitrogens is 1. The smallest absolute Gasteiger partial charge is 0.258 e. The number of amides is 1. The number of nitrogens with zero attached hydrogens (tertiary/aromatic N) is 2. The van der Waals surface area contributed by atoms with Gasteiger partial charge in [-0.05, 0) is 38.3 Å². The van der Waals surface area contributed by atoms with Crippen LogP contribution in [-0.2, 0) is 25.9 Å². The number of carbonyl (C=O) groups excluding carboxylic acids is 1. The summed E-state index contributed by atoms with van der Waals surface area (Å²) in [5.41, 5.74) is -0.363. The van der Waals surface area contributed by atoms with Gasteiger partial charge in [-0.2, -0.15) is 0 Å². The van der Waals surface area contributed by atoms with Gasteiger partial charge in [0.1, 0.15) is 5.82 Å². The molecule has 168 valence electrons. The molecule has 2 saturated heterocycles. The molecule has 2 atom stereocenters. The fraction of sp³-hybridized carbons (Fsp3) is 0.571. The fourth-order valence-electron chi connectivity index (χ4n) is 4.37. The zero-order valence-corrected chi connectivity index (χ0v) is 18.4. The van der Waals surface area contributed by atoms with Gasteiger partial charge in [0.25, 0.3) is 5.56 Å². The maximum absolute atomic E-state index is 12.8. The highest BCUT2D eigenvalue weighted by Gasteiger charge is 2.39. The normalized spacial score (nSPS) is 25.3. The molecule has 0 bridgehead atoms. The zero-order chi connectivity index (χ0) is 22.1. The molecule has 1 aromatic heterocycles. The molecule has 1 amide bonds. The van der Waals surface area contributed by atoms with Crippen LogP contribution in [0.4, 0.5) is 0 Å². The molecule has 31 heavy (non-hydrogen) atoms. The van der Waals surface area contributed by atoms with Crippen LogP contribution in [0.2, 0.25) is 0 Å². The Kier molecular flexibility index (Phi) is 6.14. The number of hydrogen-bond acceptors (Lipinski definition) is 7. The van der Waals surface area contributed by atoms with Crippen molar-refractivity contribution in [3.63, 3.8) is 0 Å². The Labute approximate surface area is 181 Å². The first-order valence-corrected chi connectivity index (χ1v) is 12.4. The number of hydrogen-bond donors (Lipinski definition) is 2. The van der Waals surface area contributed by atoms with Crippen molar-refractivity contribution >= 4 is 26.6 Å². The van der Waals surface area contributed by atoms with Crippen molar-refractivity contribution in [3.8, 4) is 0 Å². The van der Waals surface area contributed by atoms with E-state index in [4.69, 9.17) is 4.74 Å². The number of rotatable bonds is 7. The van der Waals surface area contributed by atoms with E-state index < -0.39 is 15.4 Å². The summed E-state index contributed by atoms with van der Waals surface area (Å²) in [7, 11) is -3.12. The minimum atomic E-state index is -3.12. The molecule has 0 radical (unpaired) electrons. The number of para-hydroxylation sites is 1. The summed E-state index contributed by atoms with van der Waals surface area (Å²) in [4.78, 5) is 34.4. The van der Waals surface area contributed by atoms with Gasteiger partial charge in [-0.25, -0.2) is 13.4 Å². The van der Waals surface area contributed by atoms with E-state index in [2.05, 4.69) is 15.3 Å². The second-order valence-corrected chi connectivity index (χ2v) is 11.0. The van der Waals surface area contributed by atoms with Crippen molar-refractivity contribution in [2.45, 2.75) is 44.4 Å². The molecular weight excluding hydrogens is 420 g/mol. The van der Waals surface area contributed by atoms with E-state index >= 15 is 0 Å². The Hall–Kier alpha value is -2.30. The van der Waals surface area contributed by atoms with Gasteiger partial charge in [-0.3, -0.25) is 14.5 Å². The standard InChI is InChI=1S/C21H28N4O5S/c1-21(8-10-31(28,29)14-21)24-19(26)13-25(11-15-5-4-9-30-15)12-18-22-17-7-3-2-6-16(17)20(27)23-18/h2-3,6-7,15H,4-5,8-14H2,1H3,(H,24,26)(H,22,23,27)/t15-,21-/m1/s1. The average Bonchev–Trinajstić information content (AvgIpc) is 3.28. The summed E-state index contributed by atoms with van der Waals surface area (Å²) in [5, 5.41) is 3.42. The summed E-state index contributed by atoms with van der Waals surface area (Å²) in [5.74, 6) is 0.271. The van der Waals surface area contributed by atoms with Crippen molar-refractivity contribution in [2.75, 3.05) is 31.2 Å². The van der Waals surface area contributed by atoms with Gasteiger partial charge in [0.05, 0.1) is 47.1 Å². The second-order valence-electron chi connectivity index (χ2n) is 8.79. The van der Waals surface area contributed by atoms with E-state index in [0.29, 0.717) is 36.3 Å². The van der Waals surface area contributed by atoms with Gasteiger partial charge < -0.3 is 15.0 Å². The lowest BCUT2D eigenvalue weighted by molar-refractivity contribution is -0.124. The monoisotopic (exact) mass is 448 g/mol. The van der Waals surface area contributed by atoms with Crippen LogP contribution >= 0.6 is 0 Å². The quantitative estimate of drug-likeness (QED) is 0.636. The van der Waals surface area contributed by atoms with Crippen LogP contribution in [0.15, 0.2) is 29.1 Å². The van der Waals surface area contributed by atoms with Gasteiger partial charge in [-0.1, -0.05) is 12.1 Å². The molecule has 4 rings (SSSR count). The highest BCUT2D eigenvalue weighted by Crippen LogP contribution is 2.23. The largest absolute Gasteiger partial charge is 0.377 e. The van der Waals surface area contributed by atoms with E-state index in [-0.39, 0.29) is 42.2 Å². The topological polar surface area (TPSA) is 121 Å². The lowest BCUT2D eigenvalue weighted by Gasteiger charge is -2.28. The van der Waals surface area contributed by atoms with Crippen LogP contribution in [0.5, 0.6) is 0 Å². The van der Waals surface area contributed by atoms with Gasteiger partial charge in [-0.15, -0.1) is 0 Å². The molecule has 3 heterocycles. The zero-order valence-electron chi connectivity index (χ0n) is 17.6. The number of fused-ring (bicyclic) bond motifs is 1. The molecule has 0 aliphatic carbocycles. The van der Waals surface area contributed by atoms with Crippen molar-refractivity contribution in [2.24, 2.45) is 0 Å². The number of aromatic amines is 1. The molecule has 2 aliphatic heterocycles. The molecule has 0 saturated carbocycles. The third kappa shape index (κ3) is 5.50. The number of sulfone groups is 1. The van der Waals surface area contributed by atoms with Crippen LogP contribution in [0.3, 0.4) is 0 Å². The minimum absolute atomic E-state index is 0.0161. The first-order valence-electron chi connectivity index (χ1n) is 10.5.